The van der Waals surface area contributed by atoms with Crippen molar-refractivity contribution >= 4 is 46.2 Å². The highest BCUT2D eigenvalue weighted by molar-refractivity contribution is 6.10. The number of anilines is 1. The number of benzene rings is 2. The van der Waals surface area contributed by atoms with Crippen molar-refractivity contribution in [2.45, 2.75) is 32.0 Å². The van der Waals surface area contributed by atoms with Crippen LogP contribution in [0.15, 0.2) is 48.7 Å². The maximum absolute atomic E-state index is 13.0. The van der Waals surface area contributed by atoms with E-state index in [0.29, 0.717) is 33.3 Å². The van der Waals surface area contributed by atoms with E-state index in [2.05, 4.69) is 10.6 Å². The summed E-state index contributed by atoms with van der Waals surface area (Å²) in [5, 5.41) is 14.9. The molecule has 0 bridgehead atoms. The molecule has 34 heavy (non-hydrogen) atoms. The standard InChI is InChI=1S/C24H20N4O6/c29-20-7-6-19(23(33)26-20)28-11-14-10-13(4-5-15(14)24(28)34)22(32)25-17-2-1-3-18-16(17)8-9-27(18)12-21(30)31/h1-5,8-10,19H,6-7,11-12H2,(H,25,32)(H,30,31)(H,26,29,33). The average molecular weight is 460 g/mol. The Balaban J connectivity index is 1.36. The summed E-state index contributed by atoms with van der Waals surface area (Å²) in [6, 6.07) is 11.0. The summed E-state index contributed by atoms with van der Waals surface area (Å²) >= 11 is 0. The molecule has 1 atom stereocenters. The van der Waals surface area contributed by atoms with Gasteiger partial charge in [-0.3, -0.25) is 29.3 Å². The molecule has 2 aromatic carbocycles. The Bertz CT molecular complexity index is 1390. The van der Waals surface area contributed by atoms with E-state index in [4.69, 9.17) is 5.11 Å². The largest absolute Gasteiger partial charge is 0.480 e. The number of nitrogens with zero attached hydrogens (tertiary/aromatic N) is 2. The molecule has 3 aromatic rings. The number of amides is 4. The van der Waals surface area contributed by atoms with Crippen LogP contribution in [0.2, 0.25) is 0 Å². The average Bonchev–Trinajstić information content (AvgIpc) is 3.35. The Kier molecular flexibility index (Phi) is 5.12. The van der Waals surface area contributed by atoms with Crippen LogP contribution in [0.4, 0.5) is 5.69 Å². The molecule has 3 N–H and O–H groups in total. The van der Waals surface area contributed by atoms with Crippen molar-refractivity contribution in [2.75, 3.05) is 5.32 Å². The molecule has 0 spiro atoms. The Morgan fingerprint density at radius 3 is 2.71 bits per heavy atom. The molecule has 0 radical (unpaired) electrons. The van der Waals surface area contributed by atoms with Gasteiger partial charge >= 0.3 is 5.97 Å². The molecule has 2 aliphatic heterocycles. The van der Waals surface area contributed by atoms with Gasteiger partial charge in [0, 0.05) is 35.7 Å². The molecule has 3 heterocycles. The minimum atomic E-state index is -0.967. The van der Waals surface area contributed by atoms with Crippen LogP contribution < -0.4 is 10.6 Å². The molecular formula is C24H20N4O6. The molecule has 1 unspecified atom stereocenters. The molecule has 0 saturated carbocycles. The van der Waals surface area contributed by atoms with E-state index in [1.165, 1.54) is 4.90 Å². The van der Waals surface area contributed by atoms with Crippen LogP contribution in [-0.2, 0) is 27.5 Å². The summed E-state index contributed by atoms with van der Waals surface area (Å²) in [6.07, 6.45) is 2.09. The number of aromatic nitrogens is 1. The SMILES string of the molecule is O=C(O)Cn1ccc2c(NC(=O)c3ccc4c(c3)CN(C3CCC(=O)NC3=O)C4=O)cccc21. The second-order valence-corrected chi connectivity index (χ2v) is 8.30. The number of carboxylic acids is 1. The maximum Gasteiger partial charge on any atom is 0.323 e. The quantitative estimate of drug-likeness (QED) is 0.496. The van der Waals surface area contributed by atoms with Crippen LogP contribution in [0, 0.1) is 0 Å². The summed E-state index contributed by atoms with van der Waals surface area (Å²) in [6.45, 7) is -0.0153. The van der Waals surface area contributed by atoms with Crippen molar-refractivity contribution in [3.63, 3.8) is 0 Å². The summed E-state index contributed by atoms with van der Waals surface area (Å²) in [5.41, 5.74) is 2.62. The van der Waals surface area contributed by atoms with E-state index in [0.717, 1.165) is 0 Å². The number of hydrogen-bond acceptors (Lipinski definition) is 5. The van der Waals surface area contributed by atoms with Gasteiger partial charge in [0.05, 0.1) is 11.2 Å². The molecule has 172 valence electrons. The molecule has 10 nitrogen and oxygen atoms in total. The lowest BCUT2D eigenvalue weighted by molar-refractivity contribution is -0.138. The van der Waals surface area contributed by atoms with Gasteiger partial charge < -0.3 is 19.9 Å². The van der Waals surface area contributed by atoms with Crippen LogP contribution in [0.5, 0.6) is 0 Å². The molecule has 5 rings (SSSR count). The van der Waals surface area contributed by atoms with E-state index in [1.54, 1.807) is 53.2 Å². The van der Waals surface area contributed by atoms with Gasteiger partial charge in [-0.15, -0.1) is 0 Å². The molecule has 0 aliphatic carbocycles. The highest BCUT2D eigenvalue weighted by Crippen LogP contribution is 2.29. The predicted octanol–water partition coefficient (Wildman–Crippen LogP) is 1.74. The smallest absolute Gasteiger partial charge is 0.323 e. The van der Waals surface area contributed by atoms with Gasteiger partial charge in [0.15, 0.2) is 0 Å². The van der Waals surface area contributed by atoms with E-state index in [1.807, 2.05) is 0 Å². The zero-order valence-electron chi connectivity index (χ0n) is 17.9. The van der Waals surface area contributed by atoms with Crippen molar-refractivity contribution in [1.82, 2.24) is 14.8 Å². The fourth-order valence-corrected chi connectivity index (χ4v) is 4.53. The van der Waals surface area contributed by atoms with E-state index >= 15 is 0 Å². The summed E-state index contributed by atoms with van der Waals surface area (Å²) < 4.78 is 1.58. The molecule has 1 aromatic heterocycles. The fraction of sp³-hybridized carbons (Fsp3) is 0.208. The van der Waals surface area contributed by atoms with Gasteiger partial charge in [0.25, 0.3) is 11.8 Å². The molecular weight excluding hydrogens is 440 g/mol. The normalized spacial score (nSPS) is 17.6. The molecule has 2 aliphatic rings. The number of aliphatic carboxylic acids is 1. The predicted molar refractivity (Wildman–Crippen MR) is 120 cm³/mol. The molecule has 1 saturated heterocycles. The zero-order chi connectivity index (χ0) is 24.0. The highest BCUT2D eigenvalue weighted by Gasteiger charge is 2.39. The number of imide groups is 1. The van der Waals surface area contributed by atoms with Crippen molar-refractivity contribution < 1.29 is 29.1 Å². The topological polar surface area (TPSA) is 138 Å². The lowest BCUT2D eigenvalue weighted by atomic mass is 10.0. The first-order chi connectivity index (χ1) is 16.3. The van der Waals surface area contributed by atoms with Crippen LogP contribution in [0.3, 0.4) is 0 Å². The first-order valence-corrected chi connectivity index (χ1v) is 10.7. The maximum atomic E-state index is 13.0. The fourth-order valence-electron chi connectivity index (χ4n) is 4.53. The van der Waals surface area contributed by atoms with Gasteiger partial charge in [-0.05, 0) is 48.4 Å². The first-order valence-electron chi connectivity index (χ1n) is 10.7. The molecule has 4 amide bonds. The number of rotatable bonds is 5. The van der Waals surface area contributed by atoms with E-state index in [9.17, 15) is 24.0 Å². The zero-order valence-corrected chi connectivity index (χ0v) is 17.9. The van der Waals surface area contributed by atoms with Crippen molar-refractivity contribution in [2.24, 2.45) is 0 Å². The van der Waals surface area contributed by atoms with Gasteiger partial charge in [-0.25, -0.2) is 0 Å². The number of carbonyl (C=O) groups is 5. The third-order valence-corrected chi connectivity index (χ3v) is 6.15. The Hall–Kier alpha value is -4.47. The van der Waals surface area contributed by atoms with E-state index in [-0.39, 0.29) is 43.7 Å². The van der Waals surface area contributed by atoms with Crippen molar-refractivity contribution in [3.05, 3.63) is 65.4 Å². The van der Waals surface area contributed by atoms with Gasteiger partial charge in [-0.2, -0.15) is 0 Å². The van der Waals surface area contributed by atoms with Crippen LogP contribution in [0.1, 0.15) is 39.1 Å². The number of carboxylic acid groups (broad SMARTS) is 1. The van der Waals surface area contributed by atoms with Gasteiger partial charge in [0.1, 0.15) is 12.6 Å². The van der Waals surface area contributed by atoms with Gasteiger partial charge in [0.2, 0.25) is 11.8 Å². The number of piperidine rings is 1. The first kappa shape index (κ1) is 21.4. The minimum Gasteiger partial charge on any atom is -0.480 e. The van der Waals surface area contributed by atoms with E-state index < -0.39 is 17.9 Å². The third kappa shape index (κ3) is 3.68. The molecule has 10 heteroatoms. The number of carbonyl (C=O) groups excluding carboxylic acids is 4. The van der Waals surface area contributed by atoms with Crippen molar-refractivity contribution in [3.8, 4) is 0 Å². The Morgan fingerprint density at radius 1 is 1.12 bits per heavy atom. The second kappa shape index (κ2) is 8.14. The Morgan fingerprint density at radius 2 is 1.94 bits per heavy atom. The van der Waals surface area contributed by atoms with Crippen molar-refractivity contribution in [1.29, 1.82) is 0 Å². The summed E-state index contributed by atoms with van der Waals surface area (Å²) in [7, 11) is 0. The van der Waals surface area contributed by atoms with Crippen LogP contribution in [0.25, 0.3) is 10.9 Å². The lowest BCUT2D eigenvalue weighted by Crippen LogP contribution is -2.52. The third-order valence-electron chi connectivity index (χ3n) is 6.15. The highest BCUT2D eigenvalue weighted by atomic mass is 16.4. The number of nitrogens with one attached hydrogen (secondary N) is 2. The second-order valence-electron chi connectivity index (χ2n) is 8.30. The summed E-state index contributed by atoms with van der Waals surface area (Å²) in [4.78, 5) is 62.0. The number of hydrogen-bond donors (Lipinski definition) is 3. The monoisotopic (exact) mass is 460 g/mol. The number of fused-ring (bicyclic) bond motifs is 2. The summed E-state index contributed by atoms with van der Waals surface area (Å²) in [5.74, 6) is -2.49. The minimum absolute atomic E-state index is 0.171. The van der Waals surface area contributed by atoms with Gasteiger partial charge in [-0.1, -0.05) is 6.07 Å². The van der Waals surface area contributed by atoms with Crippen LogP contribution >= 0.6 is 0 Å². The Labute approximate surface area is 193 Å². The van der Waals surface area contributed by atoms with Crippen LogP contribution in [-0.4, -0.2) is 50.2 Å². The molecule has 1 fully saturated rings. The lowest BCUT2D eigenvalue weighted by Gasteiger charge is -2.29.